The second-order valence-electron chi connectivity index (χ2n) is 12.2. The number of aliphatic carboxylic acids is 1. The number of carboxylic acids is 1. The molecule has 4 aliphatic carbocycles. The Hall–Kier alpha value is -1.12. The molecule has 162 valence electrons. The number of Topliss-reactive ketones (excluding diaryl/α,β-unsaturated/α-hetero) is 1. The molecule has 0 radical (unpaired) electrons. The minimum absolute atomic E-state index is 0.174. The number of carbonyl (C=O) groups is 2. The molecule has 4 rings (SSSR count). The van der Waals surface area contributed by atoms with Gasteiger partial charge in [0, 0.05) is 18.3 Å². The fourth-order valence-corrected chi connectivity index (χ4v) is 8.88. The Morgan fingerprint density at radius 3 is 2.48 bits per heavy atom. The number of hydrogen-bond acceptors (Lipinski definition) is 2. The van der Waals surface area contributed by atoms with Gasteiger partial charge in [-0.15, -0.1) is 0 Å². The highest BCUT2D eigenvalue weighted by atomic mass is 16.4. The van der Waals surface area contributed by atoms with Crippen LogP contribution in [-0.4, -0.2) is 16.9 Å². The number of allylic oxidation sites excluding steroid dienone is 2. The van der Waals surface area contributed by atoms with Crippen LogP contribution in [-0.2, 0) is 9.59 Å². The lowest BCUT2D eigenvalue weighted by Crippen LogP contribution is -2.57. The van der Waals surface area contributed by atoms with Crippen LogP contribution in [0.3, 0.4) is 0 Å². The average molecular weight is 401 g/mol. The molecule has 7 atom stereocenters. The highest BCUT2D eigenvalue weighted by molar-refractivity contribution is 5.85. The molecule has 0 aromatic heterocycles. The summed E-state index contributed by atoms with van der Waals surface area (Å²) in [5.41, 5.74) is 2.03. The lowest BCUT2D eigenvalue weighted by molar-refractivity contribution is -0.146. The zero-order valence-corrected chi connectivity index (χ0v) is 19.3. The monoisotopic (exact) mass is 400 g/mol. The third-order valence-electron chi connectivity index (χ3n) is 10.8. The zero-order chi connectivity index (χ0) is 21.4. The Morgan fingerprint density at radius 2 is 1.83 bits per heavy atom. The van der Waals surface area contributed by atoms with Crippen LogP contribution in [0.2, 0.25) is 0 Å². The summed E-state index contributed by atoms with van der Waals surface area (Å²) in [6.07, 6.45) is 10.3. The van der Waals surface area contributed by atoms with Gasteiger partial charge < -0.3 is 5.11 Å². The van der Waals surface area contributed by atoms with Crippen LogP contribution in [0.1, 0.15) is 92.9 Å². The van der Waals surface area contributed by atoms with Crippen molar-refractivity contribution in [2.45, 2.75) is 92.9 Å². The van der Waals surface area contributed by atoms with Gasteiger partial charge in [-0.1, -0.05) is 53.2 Å². The number of carboxylic acid groups (broad SMARTS) is 1. The van der Waals surface area contributed by atoms with Gasteiger partial charge in [-0.25, -0.2) is 0 Å². The van der Waals surface area contributed by atoms with Crippen molar-refractivity contribution < 1.29 is 14.7 Å². The Bertz CT molecular complexity index is 764. The molecule has 0 amide bonds. The van der Waals surface area contributed by atoms with Crippen LogP contribution in [0, 0.1) is 45.3 Å². The van der Waals surface area contributed by atoms with E-state index in [0.717, 1.165) is 25.7 Å². The molecule has 4 aliphatic rings. The van der Waals surface area contributed by atoms with Crippen molar-refractivity contribution >= 4 is 11.8 Å². The molecule has 0 heterocycles. The predicted molar refractivity (Wildman–Crippen MR) is 115 cm³/mol. The third-order valence-corrected chi connectivity index (χ3v) is 10.8. The van der Waals surface area contributed by atoms with Gasteiger partial charge >= 0.3 is 5.97 Å². The molecule has 3 heteroatoms. The van der Waals surface area contributed by atoms with Crippen molar-refractivity contribution in [3.8, 4) is 0 Å². The lowest BCUT2D eigenvalue weighted by atomic mass is 9.41. The Balaban J connectivity index is 1.71. The summed E-state index contributed by atoms with van der Waals surface area (Å²) >= 11 is 0. The first-order chi connectivity index (χ1) is 13.4. The summed E-state index contributed by atoms with van der Waals surface area (Å²) in [6.45, 7) is 14.0. The Labute approximate surface area is 176 Å². The first-order valence-electron chi connectivity index (χ1n) is 11.8. The van der Waals surface area contributed by atoms with Crippen LogP contribution in [0.25, 0.3) is 0 Å². The smallest absolute Gasteiger partial charge is 0.303 e. The van der Waals surface area contributed by atoms with Crippen molar-refractivity contribution in [1.29, 1.82) is 0 Å². The first kappa shape index (κ1) is 21.1. The van der Waals surface area contributed by atoms with Crippen molar-refractivity contribution in [3.63, 3.8) is 0 Å². The summed E-state index contributed by atoms with van der Waals surface area (Å²) < 4.78 is 0. The van der Waals surface area contributed by atoms with E-state index in [1.807, 2.05) is 0 Å². The lowest BCUT2D eigenvalue weighted by Gasteiger charge is -2.63. The minimum Gasteiger partial charge on any atom is -0.481 e. The second kappa shape index (κ2) is 6.44. The molecular formula is C26H40O3. The van der Waals surface area contributed by atoms with Crippen molar-refractivity contribution in [2.75, 3.05) is 0 Å². The van der Waals surface area contributed by atoms with E-state index < -0.39 is 5.97 Å². The maximum absolute atomic E-state index is 12.7. The summed E-state index contributed by atoms with van der Waals surface area (Å²) in [5.74, 6) is 1.54. The molecule has 0 aromatic carbocycles. The second-order valence-corrected chi connectivity index (χ2v) is 12.2. The maximum atomic E-state index is 12.7. The summed E-state index contributed by atoms with van der Waals surface area (Å²) in [6, 6.07) is 0. The molecule has 0 spiro atoms. The molecule has 0 unspecified atom stereocenters. The van der Waals surface area contributed by atoms with Gasteiger partial charge in [0.25, 0.3) is 0 Å². The Kier molecular flexibility index (Phi) is 4.69. The van der Waals surface area contributed by atoms with E-state index in [9.17, 15) is 14.7 Å². The average Bonchev–Trinajstić information content (AvgIpc) is 2.90. The number of fused-ring (bicyclic) bond motifs is 5. The maximum Gasteiger partial charge on any atom is 0.303 e. The third kappa shape index (κ3) is 2.67. The van der Waals surface area contributed by atoms with Gasteiger partial charge in [-0.3, -0.25) is 9.59 Å². The van der Waals surface area contributed by atoms with E-state index in [2.05, 4.69) is 47.6 Å². The van der Waals surface area contributed by atoms with Gasteiger partial charge in [-0.05, 0) is 78.4 Å². The first-order valence-corrected chi connectivity index (χ1v) is 11.8. The zero-order valence-electron chi connectivity index (χ0n) is 19.3. The topological polar surface area (TPSA) is 54.4 Å². The van der Waals surface area contributed by atoms with Gasteiger partial charge in [0.05, 0.1) is 0 Å². The summed E-state index contributed by atoms with van der Waals surface area (Å²) in [5, 5.41) is 9.37. The normalized spacial score (nSPS) is 46.9. The highest BCUT2D eigenvalue weighted by Crippen LogP contribution is 2.73. The standard InChI is InChI=1S/C26H40O3/c1-16(15-22(28)29)17-9-13-26(6)19-7-8-20-23(2,3)21(27)11-12-24(20,4)18(19)10-14-25(17,26)5/h7,16-18,20H,8-15H2,1-6H3,(H,28,29)/t16-,17-,18-,20-,24+,25-,26+/m0/s1. The number of hydrogen-bond donors (Lipinski definition) is 1. The molecule has 3 saturated carbocycles. The molecule has 0 saturated heterocycles. The summed E-state index contributed by atoms with van der Waals surface area (Å²) in [7, 11) is 0. The van der Waals surface area contributed by atoms with Crippen LogP contribution in [0.4, 0.5) is 0 Å². The van der Waals surface area contributed by atoms with Crippen LogP contribution < -0.4 is 0 Å². The molecule has 1 N–H and O–H groups in total. The van der Waals surface area contributed by atoms with Gasteiger partial charge in [0.1, 0.15) is 5.78 Å². The minimum atomic E-state index is -0.662. The van der Waals surface area contributed by atoms with Crippen molar-refractivity contribution in [3.05, 3.63) is 11.6 Å². The van der Waals surface area contributed by atoms with Crippen molar-refractivity contribution in [2.24, 2.45) is 45.3 Å². The van der Waals surface area contributed by atoms with Crippen LogP contribution in [0.5, 0.6) is 0 Å². The molecular weight excluding hydrogens is 360 g/mol. The van der Waals surface area contributed by atoms with E-state index in [-0.39, 0.29) is 34.0 Å². The van der Waals surface area contributed by atoms with E-state index in [0.29, 0.717) is 23.5 Å². The van der Waals surface area contributed by atoms with E-state index in [1.165, 1.54) is 19.3 Å². The predicted octanol–water partition coefficient (Wildman–Crippen LogP) is 6.27. The van der Waals surface area contributed by atoms with Gasteiger partial charge in [0.15, 0.2) is 0 Å². The SMILES string of the molecule is C[C@@H](CC(=O)O)[C@@H]1CC[C@]2(C)C3=CC[C@H]4C(C)(C)C(=O)CC[C@]4(C)[C@H]3CC[C@@]12C. The summed E-state index contributed by atoms with van der Waals surface area (Å²) in [4.78, 5) is 24.1. The van der Waals surface area contributed by atoms with E-state index in [1.54, 1.807) is 5.57 Å². The quantitative estimate of drug-likeness (QED) is 0.568. The number of ketones is 1. The molecule has 0 aliphatic heterocycles. The van der Waals surface area contributed by atoms with Gasteiger partial charge in [0.2, 0.25) is 0 Å². The Morgan fingerprint density at radius 1 is 1.14 bits per heavy atom. The molecule has 0 bridgehead atoms. The van der Waals surface area contributed by atoms with Gasteiger partial charge in [-0.2, -0.15) is 0 Å². The van der Waals surface area contributed by atoms with E-state index in [4.69, 9.17) is 0 Å². The fourth-order valence-electron chi connectivity index (χ4n) is 8.88. The van der Waals surface area contributed by atoms with Crippen LogP contribution in [0.15, 0.2) is 11.6 Å². The fraction of sp³-hybridized carbons (Fsp3) is 0.846. The van der Waals surface area contributed by atoms with E-state index >= 15 is 0 Å². The number of carbonyl (C=O) groups excluding carboxylic acids is 1. The largest absolute Gasteiger partial charge is 0.481 e. The molecule has 3 fully saturated rings. The molecule has 29 heavy (non-hydrogen) atoms. The van der Waals surface area contributed by atoms with Crippen molar-refractivity contribution in [1.82, 2.24) is 0 Å². The highest BCUT2D eigenvalue weighted by Gasteiger charge is 2.65. The van der Waals surface area contributed by atoms with Crippen LogP contribution >= 0.6 is 0 Å². The molecule has 0 aromatic rings. The number of rotatable bonds is 3. The molecule has 3 nitrogen and oxygen atoms in total.